The summed E-state index contributed by atoms with van der Waals surface area (Å²) >= 11 is 0. The monoisotopic (exact) mass is 292 g/mol. The summed E-state index contributed by atoms with van der Waals surface area (Å²) in [5.41, 5.74) is 5.20. The highest BCUT2D eigenvalue weighted by molar-refractivity contribution is 5.95. The van der Waals surface area contributed by atoms with E-state index in [1.54, 1.807) is 6.92 Å². The van der Waals surface area contributed by atoms with Gasteiger partial charge in [0.15, 0.2) is 5.75 Å². The van der Waals surface area contributed by atoms with Crippen LogP contribution in [0.1, 0.15) is 23.7 Å². The molecular weight excluding hydrogens is 277 g/mol. The first-order valence-corrected chi connectivity index (χ1v) is 5.83. The molecule has 0 radical (unpaired) electrons. The number of aliphatic hydroxyl groups is 1. The molecule has 1 atom stereocenters. The third-order valence-corrected chi connectivity index (χ3v) is 2.55. The molecule has 1 aromatic carbocycles. The highest BCUT2D eigenvalue weighted by Crippen LogP contribution is 2.28. The minimum absolute atomic E-state index is 0.0870. The summed E-state index contributed by atoms with van der Waals surface area (Å²) in [6.07, 6.45) is -4.32. The molecule has 0 saturated carbocycles. The van der Waals surface area contributed by atoms with Crippen molar-refractivity contribution in [1.29, 1.82) is 0 Å². The third kappa shape index (κ3) is 4.61. The number of halogens is 3. The zero-order valence-electron chi connectivity index (χ0n) is 10.7. The molecule has 20 heavy (non-hydrogen) atoms. The summed E-state index contributed by atoms with van der Waals surface area (Å²) in [6, 6.07) is 2.80. The van der Waals surface area contributed by atoms with E-state index in [2.05, 4.69) is 10.1 Å². The lowest BCUT2D eigenvalue weighted by Gasteiger charge is -2.15. The maximum Gasteiger partial charge on any atom is 0.573 e. The Labute approximate surface area is 113 Å². The first-order valence-electron chi connectivity index (χ1n) is 5.83. The molecule has 5 nitrogen and oxygen atoms in total. The van der Waals surface area contributed by atoms with Crippen molar-refractivity contribution in [2.75, 3.05) is 12.3 Å². The van der Waals surface area contributed by atoms with Crippen molar-refractivity contribution in [3.05, 3.63) is 23.8 Å². The number of amides is 1. The highest BCUT2D eigenvalue weighted by Gasteiger charge is 2.32. The first-order chi connectivity index (χ1) is 9.26. The number of nitrogens with one attached hydrogen (secondary N) is 1. The number of nitrogen functional groups attached to an aromatic ring is 1. The van der Waals surface area contributed by atoms with E-state index in [1.165, 1.54) is 0 Å². The maximum atomic E-state index is 12.1. The molecule has 0 aromatic heterocycles. The van der Waals surface area contributed by atoms with Gasteiger partial charge >= 0.3 is 6.36 Å². The number of hydrogen-bond acceptors (Lipinski definition) is 4. The quantitative estimate of drug-likeness (QED) is 0.721. The van der Waals surface area contributed by atoms with Crippen LogP contribution in [0.2, 0.25) is 0 Å². The molecule has 8 heteroatoms. The number of hydrogen-bond donors (Lipinski definition) is 3. The average Bonchev–Trinajstić information content (AvgIpc) is 2.36. The lowest BCUT2D eigenvalue weighted by atomic mass is 10.1. The van der Waals surface area contributed by atoms with E-state index in [0.29, 0.717) is 6.42 Å². The highest BCUT2D eigenvalue weighted by atomic mass is 19.4. The number of ether oxygens (including phenoxy) is 1. The van der Waals surface area contributed by atoms with Crippen LogP contribution in [-0.2, 0) is 0 Å². The molecule has 0 saturated heterocycles. The van der Waals surface area contributed by atoms with Crippen LogP contribution in [-0.4, -0.2) is 30.0 Å². The van der Waals surface area contributed by atoms with Gasteiger partial charge in [0.25, 0.3) is 5.91 Å². The van der Waals surface area contributed by atoms with Gasteiger partial charge in [0.1, 0.15) is 0 Å². The van der Waals surface area contributed by atoms with Crippen LogP contribution in [0.4, 0.5) is 18.9 Å². The predicted octanol–water partition coefficient (Wildman–Crippen LogP) is 1.67. The Morgan fingerprint density at radius 3 is 2.60 bits per heavy atom. The van der Waals surface area contributed by atoms with Crippen LogP contribution in [0.5, 0.6) is 5.75 Å². The van der Waals surface area contributed by atoms with E-state index < -0.39 is 24.1 Å². The molecule has 1 amide bonds. The van der Waals surface area contributed by atoms with Crippen LogP contribution in [0.3, 0.4) is 0 Å². The fourth-order valence-electron chi connectivity index (χ4n) is 1.45. The second-order valence-electron chi connectivity index (χ2n) is 4.06. The molecule has 0 aliphatic rings. The fourth-order valence-corrected chi connectivity index (χ4v) is 1.45. The molecule has 112 valence electrons. The minimum Gasteiger partial charge on any atom is -0.404 e. The number of alkyl halides is 3. The van der Waals surface area contributed by atoms with Crippen LogP contribution >= 0.6 is 0 Å². The third-order valence-electron chi connectivity index (χ3n) is 2.55. The van der Waals surface area contributed by atoms with Crippen molar-refractivity contribution in [2.24, 2.45) is 0 Å². The molecule has 0 spiro atoms. The van der Waals surface area contributed by atoms with Gasteiger partial charge in [-0.05, 0) is 24.6 Å². The molecule has 0 heterocycles. The summed E-state index contributed by atoms with van der Waals surface area (Å²) in [4.78, 5) is 11.8. The second kappa shape index (κ2) is 6.47. The van der Waals surface area contributed by atoms with E-state index in [-0.39, 0.29) is 17.9 Å². The first kappa shape index (κ1) is 16.1. The summed E-state index contributed by atoms with van der Waals surface area (Å²) in [5.74, 6) is -1.10. The Kier molecular flexibility index (Phi) is 5.20. The number of anilines is 1. The topological polar surface area (TPSA) is 84.6 Å². The van der Waals surface area contributed by atoms with Gasteiger partial charge in [0, 0.05) is 5.56 Å². The van der Waals surface area contributed by atoms with Crippen LogP contribution in [0.15, 0.2) is 18.2 Å². The Morgan fingerprint density at radius 2 is 2.15 bits per heavy atom. The molecule has 0 bridgehead atoms. The van der Waals surface area contributed by atoms with E-state index >= 15 is 0 Å². The zero-order valence-corrected chi connectivity index (χ0v) is 10.7. The van der Waals surface area contributed by atoms with Gasteiger partial charge in [0.2, 0.25) is 0 Å². The molecule has 1 rings (SSSR count). The summed E-state index contributed by atoms with van der Waals surface area (Å²) < 4.78 is 39.9. The number of carbonyl (C=O) groups is 1. The van der Waals surface area contributed by atoms with E-state index in [9.17, 15) is 18.0 Å². The number of aliphatic hydroxyl groups excluding tert-OH is 1. The summed E-state index contributed by atoms with van der Waals surface area (Å²) in [5, 5.41) is 11.5. The van der Waals surface area contributed by atoms with Gasteiger partial charge in [-0.25, -0.2) is 0 Å². The average molecular weight is 292 g/mol. The molecular formula is C12H15F3N2O3. The van der Waals surface area contributed by atoms with E-state index in [4.69, 9.17) is 10.8 Å². The second-order valence-corrected chi connectivity index (χ2v) is 4.06. The number of carbonyl (C=O) groups excluding carboxylic acids is 1. The van der Waals surface area contributed by atoms with E-state index in [1.807, 2.05) is 0 Å². The summed E-state index contributed by atoms with van der Waals surface area (Å²) in [7, 11) is 0. The largest absolute Gasteiger partial charge is 0.573 e. The zero-order chi connectivity index (χ0) is 15.3. The molecule has 0 aliphatic carbocycles. The van der Waals surface area contributed by atoms with Crippen molar-refractivity contribution >= 4 is 11.6 Å². The molecule has 0 aliphatic heterocycles. The Bertz CT molecular complexity index is 474. The van der Waals surface area contributed by atoms with Gasteiger partial charge in [-0.2, -0.15) is 0 Å². The Balaban J connectivity index is 2.84. The van der Waals surface area contributed by atoms with Gasteiger partial charge < -0.3 is 20.9 Å². The normalized spacial score (nSPS) is 12.8. The number of benzene rings is 1. The molecule has 0 fully saturated rings. The number of rotatable bonds is 5. The smallest absolute Gasteiger partial charge is 0.404 e. The molecule has 0 unspecified atom stereocenters. The van der Waals surface area contributed by atoms with Gasteiger partial charge in [-0.3, -0.25) is 4.79 Å². The van der Waals surface area contributed by atoms with Crippen molar-refractivity contribution in [3.8, 4) is 5.75 Å². The standard InChI is InChI=1S/C12H15F3N2O3/c1-2-8(6-18)17-11(19)7-3-4-10(9(16)5-7)20-12(13,14)15/h3-5,8,18H,2,6,16H2,1H3,(H,17,19)/t8-/m1/s1. The van der Waals surface area contributed by atoms with E-state index in [0.717, 1.165) is 18.2 Å². The Hall–Kier alpha value is -1.96. The Morgan fingerprint density at radius 1 is 1.50 bits per heavy atom. The molecule has 1 aromatic rings. The lowest BCUT2D eigenvalue weighted by molar-refractivity contribution is -0.274. The van der Waals surface area contributed by atoms with Crippen LogP contribution in [0.25, 0.3) is 0 Å². The fraction of sp³-hybridized carbons (Fsp3) is 0.417. The summed E-state index contributed by atoms with van der Waals surface area (Å²) in [6.45, 7) is 1.54. The molecule has 4 N–H and O–H groups in total. The van der Waals surface area contributed by atoms with Crippen molar-refractivity contribution in [1.82, 2.24) is 5.32 Å². The van der Waals surface area contributed by atoms with Crippen LogP contribution < -0.4 is 15.8 Å². The van der Waals surface area contributed by atoms with Crippen molar-refractivity contribution in [2.45, 2.75) is 25.7 Å². The minimum atomic E-state index is -4.85. The van der Waals surface area contributed by atoms with Crippen molar-refractivity contribution in [3.63, 3.8) is 0 Å². The van der Waals surface area contributed by atoms with Crippen LogP contribution in [0, 0.1) is 0 Å². The van der Waals surface area contributed by atoms with Gasteiger partial charge in [0.05, 0.1) is 18.3 Å². The predicted molar refractivity (Wildman–Crippen MR) is 66.2 cm³/mol. The lowest BCUT2D eigenvalue weighted by Crippen LogP contribution is -2.36. The number of nitrogens with two attached hydrogens (primary N) is 1. The van der Waals surface area contributed by atoms with Crippen molar-refractivity contribution < 1.29 is 27.8 Å². The van der Waals surface area contributed by atoms with Gasteiger partial charge in [-0.15, -0.1) is 13.2 Å². The van der Waals surface area contributed by atoms with Gasteiger partial charge in [-0.1, -0.05) is 6.92 Å². The SMILES string of the molecule is CC[C@H](CO)NC(=O)c1ccc(OC(F)(F)F)c(N)c1. The maximum absolute atomic E-state index is 12.1.